The Bertz CT molecular complexity index is 544. The van der Waals surface area contributed by atoms with Gasteiger partial charge in [-0.3, -0.25) is 9.59 Å². The molecule has 0 radical (unpaired) electrons. The number of aliphatic carboxylic acids is 1. The van der Waals surface area contributed by atoms with Crippen molar-refractivity contribution in [2.75, 3.05) is 12.4 Å². The fraction of sp³-hybridized carbons (Fsp3) is 0.467. The highest BCUT2D eigenvalue weighted by atomic mass is 16.5. The van der Waals surface area contributed by atoms with Gasteiger partial charge in [-0.2, -0.15) is 0 Å². The molecule has 1 saturated carbocycles. The molecule has 1 aliphatic carbocycles. The number of benzene rings is 1. The first kappa shape index (κ1) is 15.2. The van der Waals surface area contributed by atoms with Crippen molar-refractivity contribution in [1.82, 2.24) is 0 Å². The average molecular weight is 292 g/mol. The number of nitrogens with one attached hydrogen (secondary N) is 1. The van der Waals surface area contributed by atoms with Gasteiger partial charge in [0.1, 0.15) is 5.75 Å². The van der Waals surface area contributed by atoms with Crippen LogP contribution in [0.5, 0.6) is 5.75 Å². The number of carboxylic acids is 1. The average Bonchev–Trinajstić information content (AvgIpc) is 2.47. The number of rotatable bonds is 5. The van der Waals surface area contributed by atoms with Gasteiger partial charge in [-0.1, -0.05) is 6.42 Å². The smallest absolute Gasteiger partial charge is 0.306 e. The minimum Gasteiger partial charge on any atom is -0.495 e. The Hall–Kier alpha value is -2.24. The number of carbonyl (C=O) groups excluding carboxylic acids is 1. The van der Waals surface area contributed by atoms with Gasteiger partial charge in [0.25, 0.3) is 0 Å². The highest BCUT2D eigenvalue weighted by Gasteiger charge is 2.27. The number of carbonyl (C=O) groups is 2. The van der Waals surface area contributed by atoms with E-state index in [0.29, 0.717) is 29.8 Å². The largest absolute Gasteiger partial charge is 0.495 e. The summed E-state index contributed by atoms with van der Waals surface area (Å²) in [4.78, 5) is 22.4. The second-order valence-corrected chi connectivity index (χ2v) is 5.32. The lowest BCUT2D eigenvalue weighted by molar-refractivity contribution is -0.142. The molecule has 0 heterocycles. The molecule has 2 atom stereocenters. The predicted octanol–water partition coefficient (Wildman–Crippen LogP) is 1.85. The van der Waals surface area contributed by atoms with E-state index < -0.39 is 11.9 Å². The molecule has 0 bridgehead atoms. The minimum absolute atomic E-state index is 0.0527. The number of methoxy groups -OCH3 is 1. The van der Waals surface area contributed by atoms with Crippen LogP contribution in [0.25, 0.3) is 0 Å². The second-order valence-electron chi connectivity index (χ2n) is 5.32. The summed E-state index contributed by atoms with van der Waals surface area (Å²) in [7, 11) is 1.55. The van der Waals surface area contributed by atoms with Gasteiger partial charge in [-0.05, 0) is 37.5 Å². The molecular weight excluding hydrogens is 272 g/mol. The van der Waals surface area contributed by atoms with E-state index in [-0.39, 0.29) is 12.0 Å². The molecule has 0 aromatic heterocycles. The Morgan fingerprint density at radius 3 is 2.76 bits per heavy atom. The first-order valence-electron chi connectivity index (χ1n) is 6.98. The van der Waals surface area contributed by atoms with Gasteiger partial charge in [-0.25, -0.2) is 0 Å². The van der Waals surface area contributed by atoms with Crippen LogP contribution in [0.4, 0.5) is 5.69 Å². The van der Waals surface area contributed by atoms with Crippen molar-refractivity contribution in [2.45, 2.75) is 31.7 Å². The van der Waals surface area contributed by atoms with Crippen molar-refractivity contribution in [3.63, 3.8) is 0 Å². The summed E-state index contributed by atoms with van der Waals surface area (Å²) in [5.41, 5.74) is 6.35. The van der Waals surface area contributed by atoms with Crippen molar-refractivity contribution in [2.24, 2.45) is 11.7 Å². The van der Waals surface area contributed by atoms with Gasteiger partial charge < -0.3 is 20.9 Å². The SMILES string of the molecule is COc1ccc(C(N)=O)cc1NC1CCCC(C(=O)O)C1. The molecule has 1 aromatic carbocycles. The third-order valence-electron chi connectivity index (χ3n) is 3.87. The first-order chi connectivity index (χ1) is 10.0. The van der Waals surface area contributed by atoms with E-state index in [2.05, 4.69) is 5.32 Å². The highest BCUT2D eigenvalue weighted by Crippen LogP contribution is 2.31. The zero-order chi connectivity index (χ0) is 15.4. The minimum atomic E-state index is -0.751. The number of nitrogens with two attached hydrogens (primary N) is 1. The van der Waals surface area contributed by atoms with Crippen LogP contribution < -0.4 is 15.8 Å². The van der Waals surface area contributed by atoms with Gasteiger partial charge in [-0.15, -0.1) is 0 Å². The number of carboxylic acid groups (broad SMARTS) is 1. The van der Waals surface area contributed by atoms with E-state index in [1.807, 2.05) is 0 Å². The van der Waals surface area contributed by atoms with Crippen LogP contribution in [0.15, 0.2) is 18.2 Å². The molecule has 2 rings (SSSR count). The zero-order valence-corrected chi connectivity index (χ0v) is 12.0. The molecular formula is C15H20N2O4. The lowest BCUT2D eigenvalue weighted by Crippen LogP contribution is -2.31. The second kappa shape index (κ2) is 6.47. The van der Waals surface area contributed by atoms with Crippen LogP contribution in [0.3, 0.4) is 0 Å². The van der Waals surface area contributed by atoms with E-state index in [1.165, 1.54) is 0 Å². The number of amides is 1. The van der Waals surface area contributed by atoms with Crippen LogP contribution in [0.1, 0.15) is 36.0 Å². The van der Waals surface area contributed by atoms with Gasteiger partial charge in [0.05, 0.1) is 18.7 Å². The molecule has 114 valence electrons. The number of primary amides is 1. The van der Waals surface area contributed by atoms with E-state index >= 15 is 0 Å². The molecule has 0 spiro atoms. The summed E-state index contributed by atoms with van der Waals surface area (Å²) in [6.45, 7) is 0. The molecule has 0 aliphatic heterocycles. The third kappa shape index (κ3) is 3.65. The van der Waals surface area contributed by atoms with Gasteiger partial charge in [0.15, 0.2) is 0 Å². The Balaban J connectivity index is 2.15. The van der Waals surface area contributed by atoms with Crippen molar-refractivity contribution < 1.29 is 19.4 Å². The molecule has 6 nitrogen and oxygen atoms in total. The van der Waals surface area contributed by atoms with Crippen LogP contribution in [0, 0.1) is 5.92 Å². The quantitative estimate of drug-likeness (QED) is 0.768. The lowest BCUT2D eigenvalue weighted by Gasteiger charge is -2.28. The van der Waals surface area contributed by atoms with Crippen LogP contribution in [0.2, 0.25) is 0 Å². The molecule has 1 amide bonds. The number of hydrogen-bond acceptors (Lipinski definition) is 4. The van der Waals surface area contributed by atoms with E-state index in [1.54, 1.807) is 25.3 Å². The maximum atomic E-state index is 11.3. The molecule has 6 heteroatoms. The Kier molecular flexibility index (Phi) is 4.67. The van der Waals surface area contributed by atoms with Crippen LogP contribution in [-0.2, 0) is 4.79 Å². The summed E-state index contributed by atoms with van der Waals surface area (Å²) >= 11 is 0. The van der Waals surface area contributed by atoms with Crippen molar-refractivity contribution in [3.8, 4) is 5.75 Å². The lowest BCUT2D eigenvalue weighted by atomic mass is 9.85. The molecule has 1 aliphatic rings. The fourth-order valence-electron chi connectivity index (χ4n) is 2.74. The topological polar surface area (TPSA) is 102 Å². The van der Waals surface area contributed by atoms with Gasteiger partial charge in [0, 0.05) is 11.6 Å². The maximum absolute atomic E-state index is 11.3. The predicted molar refractivity (Wildman–Crippen MR) is 78.5 cm³/mol. The van der Waals surface area contributed by atoms with Gasteiger partial charge >= 0.3 is 5.97 Å². The van der Waals surface area contributed by atoms with Crippen LogP contribution >= 0.6 is 0 Å². The molecule has 21 heavy (non-hydrogen) atoms. The number of hydrogen-bond donors (Lipinski definition) is 3. The summed E-state index contributed by atoms with van der Waals surface area (Å²) in [6, 6.07) is 4.98. The van der Waals surface area contributed by atoms with Gasteiger partial charge in [0.2, 0.25) is 5.91 Å². The molecule has 2 unspecified atom stereocenters. The Labute approximate surface area is 123 Å². The van der Waals surface area contributed by atoms with Crippen molar-refractivity contribution in [3.05, 3.63) is 23.8 Å². The summed E-state index contributed by atoms with van der Waals surface area (Å²) in [5, 5.41) is 12.4. The normalized spacial score (nSPS) is 21.6. The fourth-order valence-corrected chi connectivity index (χ4v) is 2.74. The first-order valence-corrected chi connectivity index (χ1v) is 6.98. The number of ether oxygens (including phenoxy) is 1. The van der Waals surface area contributed by atoms with E-state index in [4.69, 9.17) is 15.6 Å². The third-order valence-corrected chi connectivity index (χ3v) is 3.87. The zero-order valence-electron chi connectivity index (χ0n) is 12.0. The number of anilines is 1. The molecule has 1 aromatic rings. The molecule has 1 fully saturated rings. The summed E-state index contributed by atoms with van der Waals surface area (Å²) in [6.07, 6.45) is 3.05. The Morgan fingerprint density at radius 2 is 2.14 bits per heavy atom. The molecule has 4 N–H and O–H groups in total. The van der Waals surface area contributed by atoms with E-state index in [9.17, 15) is 9.59 Å². The van der Waals surface area contributed by atoms with Crippen LogP contribution in [-0.4, -0.2) is 30.1 Å². The summed E-state index contributed by atoms with van der Waals surface area (Å²) in [5.74, 6) is -0.967. The summed E-state index contributed by atoms with van der Waals surface area (Å²) < 4.78 is 5.26. The highest BCUT2D eigenvalue weighted by molar-refractivity contribution is 5.94. The maximum Gasteiger partial charge on any atom is 0.306 e. The molecule has 0 saturated heterocycles. The van der Waals surface area contributed by atoms with Crippen molar-refractivity contribution >= 4 is 17.6 Å². The standard InChI is InChI=1S/C15H20N2O4/c1-21-13-6-5-9(14(16)18)8-12(13)17-11-4-2-3-10(7-11)15(19)20/h5-6,8,10-11,17H,2-4,7H2,1H3,(H2,16,18)(H,19,20). The van der Waals surface area contributed by atoms with E-state index in [0.717, 1.165) is 12.8 Å². The van der Waals surface area contributed by atoms with Crippen molar-refractivity contribution in [1.29, 1.82) is 0 Å². The Morgan fingerprint density at radius 1 is 1.38 bits per heavy atom. The monoisotopic (exact) mass is 292 g/mol.